The maximum atomic E-state index is 12.6. The summed E-state index contributed by atoms with van der Waals surface area (Å²) in [7, 11) is 1.93. The molecule has 0 atom stereocenters. The number of hydrogen-bond acceptors (Lipinski definition) is 5. The van der Waals surface area contributed by atoms with E-state index in [0.29, 0.717) is 41.8 Å². The van der Waals surface area contributed by atoms with E-state index in [1.54, 1.807) is 13.0 Å². The first-order valence-corrected chi connectivity index (χ1v) is 8.79. The van der Waals surface area contributed by atoms with Crippen LogP contribution < -0.4 is 0 Å². The summed E-state index contributed by atoms with van der Waals surface area (Å²) in [5, 5.41) is 10.7. The molecule has 0 amide bonds. The average molecular weight is 434 g/mol. The zero-order chi connectivity index (χ0) is 17.3. The number of esters is 1. The SMILES string of the molecule is CCOC(=O)c1c(CN2CCOCC2)n(C)c2cc(Br)c(O)cc12.Cl. The van der Waals surface area contributed by atoms with E-state index in [9.17, 15) is 9.90 Å². The average Bonchev–Trinajstić information content (AvgIpc) is 2.82. The molecule has 8 heteroatoms. The number of aromatic nitrogens is 1. The summed E-state index contributed by atoms with van der Waals surface area (Å²) in [6, 6.07) is 3.45. The quantitative estimate of drug-likeness (QED) is 0.751. The molecule has 0 aliphatic carbocycles. The molecule has 1 aromatic carbocycles. The van der Waals surface area contributed by atoms with Crippen LogP contribution in [0.3, 0.4) is 0 Å². The standard InChI is InChI=1S/C17H21BrN2O4.ClH/c1-3-24-17(22)16-11-8-15(21)12(18)9-13(11)19(2)14(16)10-20-4-6-23-7-5-20;/h8-9,21H,3-7,10H2,1-2H3;1H. The predicted octanol–water partition coefficient (Wildman–Crippen LogP) is 3.08. The highest BCUT2D eigenvalue weighted by Crippen LogP contribution is 2.35. The van der Waals surface area contributed by atoms with E-state index in [4.69, 9.17) is 9.47 Å². The smallest absolute Gasteiger partial charge is 0.340 e. The molecule has 0 radical (unpaired) electrons. The highest BCUT2D eigenvalue weighted by atomic mass is 79.9. The van der Waals surface area contributed by atoms with E-state index in [-0.39, 0.29) is 24.1 Å². The molecule has 0 unspecified atom stereocenters. The fraction of sp³-hybridized carbons (Fsp3) is 0.471. The number of morpholine rings is 1. The van der Waals surface area contributed by atoms with Gasteiger partial charge in [0.05, 0.1) is 35.4 Å². The van der Waals surface area contributed by atoms with Crippen LogP contribution in [0.2, 0.25) is 0 Å². The van der Waals surface area contributed by atoms with Crippen LogP contribution >= 0.6 is 28.3 Å². The van der Waals surface area contributed by atoms with Crippen LogP contribution in [0.1, 0.15) is 23.0 Å². The lowest BCUT2D eigenvalue weighted by Crippen LogP contribution is -2.36. The van der Waals surface area contributed by atoms with Crippen molar-refractivity contribution in [1.29, 1.82) is 0 Å². The minimum atomic E-state index is -0.354. The number of ether oxygens (including phenoxy) is 2. The van der Waals surface area contributed by atoms with Crippen molar-refractivity contribution in [3.8, 4) is 5.75 Å². The fourth-order valence-electron chi connectivity index (χ4n) is 3.08. The molecular formula is C17H22BrClN2O4. The van der Waals surface area contributed by atoms with Gasteiger partial charge in [0.1, 0.15) is 5.75 Å². The molecule has 1 N–H and O–H groups in total. The molecule has 3 rings (SSSR count). The number of benzene rings is 1. The number of hydrogen-bond donors (Lipinski definition) is 1. The van der Waals surface area contributed by atoms with Crippen molar-refractivity contribution in [2.75, 3.05) is 32.9 Å². The number of carbonyl (C=O) groups is 1. The van der Waals surface area contributed by atoms with Gasteiger partial charge in [-0.1, -0.05) is 0 Å². The van der Waals surface area contributed by atoms with Gasteiger partial charge in [0, 0.05) is 37.8 Å². The number of fused-ring (bicyclic) bond motifs is 1. The predicted molar refractivity (Wildman–Crippen MR) is 102 cm³/mol. The molecule has 6 nitrogen and oxygen atoms in total. The van der Waals surface area contributed by atoms with Crippen molar-refractivity contribution in [2.24, 2.45) is 7.05 Å². The van der Waals surface area contributed by atoms with Crippen LogP contribution in [-0.4, -0.2) is 53.5 Å². The van der Waals surface area contributed by atoms with E-state index in [1.165, 1.54) is 0 Å². The second-order valence-corrected chi connectivity index (χ2v) is 6.66. The van der Waals surface area contributed by atoms with Crippen LogP contribution in [0.5, 0.6) is 5.75 Å². The minimum Gasteiger partial charge on any atom is -0.507 e. The molecule has 1 aliphatic heterocycles. The van der Waals surface area contributed by atoms with Crippen LogP contribution in [0.15, 0.2) is 16.6 Å². The first-order chi connectivity index (χ1) is 11.5. The molecule has 1 aromatic heterocycles. The van der Waals surface area contributed by atoms with Gasteiger partial charge in [0.2, 0.25) is 0 Å². The normalized spacial score (nSPS) is 15.2. The van der Waals surface area contributed by atoms with Crippen molar-refractivity contribution in [3.05, 3.63) is 27.9 Å². The lowest BCUT2D eigenvalue weighted by molar-refractivity contribution is 0.0328. The highest BCUT2D eigenvalue weighted by molar-refractivity contribution is 9.10. The number of halogens is 2. The van der Waals surface area contributed by atoms with Gasteiger partial charge in [-0.15, -0.1) is 12.4 Å². The largest absolute Gasteiger partial charge is 0.507 e. The number of phenolic OH excluding ortho intramolecular Hbond substituents is 1. The van der Waals surface area contributed by atoms with Crippen molar-refractivity contribution >= 4 is 45.2 Å². The number of aromatic hydroxyl groups is 1. The molecule has 2 aromatic rings. The van der Waals surface area contributed by atoms with Gasteiger partial charge in [-0.2, -0.15) is 0 Å². The van der Waals surface area contributed by atoms with Crippen molar-refractivity contribution in [3.63, 3.8) is 0 Å². The maximum absolute atomic E-state index is 12.6. The van der Waals surface area contributed by atoms with Crippen LogP contribution in [0.4, 0.5) is 0 Å². The number of aryl methyl sites for hydroxylation is 1. The summed E-state index contributed by atoms with van der Waals surface area (Å²) in [5.74, 6) is -0.246. The van der Waals surface area contributed by atoms with Gasteiger partial charge in [-0.05, 0) is 35.0 Å². The Morgan fingerprint density at radius 2 is 2.04 bits per heavy atom. The Hall–Kier alpha value is -1.28. The third-order valence-electron chi connectivity index (χ3n) is 4.35. The Morgan fingerprint density at radius 1 is 1.36 bits per heavy atom. The van der Waals surface area contributed by atoms with Gasteiger partial charge in [0.25, 0.3) is 0 Å². The summed E-state index contributed by atoms with van der Waals surface area (Å²) in [6.45, 7) is 5.81. The van der Waals surface area contributed by atoms with Gasteiger partial charge in [0.15, 0.2) is 0 Å². The van der Waals surface area contributed by atoms with Crippen LogP contribution in [-0.2, 0) is 23.1 Å². The third-order valence-corrected chi connectivity index (χ3v) is 4.98. The Bertz CT molecular complexity index is 772. The number of rotatable bonds is 4. The monoisotopic (exact) mass is 432 g/mol. The van der Waals surface area contributed by atoms with Crippen LogP contribution in [0.25, 0.3) is 10.9 Å². The zero-order valence-corrected chi connectivity index (χ0v) is 16.7. The highest BCUT2D eigenvalue weighted by Gasteiger charge is 2.25. The first-order valence-electron chi connectivity index (χ1n) is 8.00. The minimum absolute atomic E-state index is 0. The Kier molecular flexibility index (Phi) is 6.73. The molecule has 0 bridgehead atoms. The van der Waals surface area contributed by atoms with Crippen molar-refractivity contribution in [1.82, 2.24) is 9.47 Å². The van der Waals surface area contributed by atoms with E-state index in [1.807, 2.05) is 17.7 Å². The molecule has 2 heterocycles. The summed E-state index contributed by atoms with van der Waals surface area (Å²) >= 11 is 3.34. The summed E-state index contributed by atoms with van der Waals surface area (Å²) < 4.78 is 13.3. The van der Waals surface area contributed by atoms with E-state index in [2.05, 4.69) is 20.8 Å². The van der Waals surface area contributed by atoms with Gasteiger partial charge in [-0.3, -0.25) is 4.90 Å². The molecule has 1 saturated heterocycles. The molecule has 25 heavy (non-hydrogen) atoms. The molecule has 1 aliphatic rings. The lowest BCUT2D eigenvalue weighted by Gasteiger charge is -2.27. The molecule has 0 spiro atoms. The Morgan fingerprint density at radius 3 is 2.68 bits per heavy atom. The number of phenols is 1. The number of nitrogens with zero attached hydrogens (tertiary/aromatic N) is 2. The fourth-order valence-corrected chi connectivity index (χ4v) is 3.42. The van der Waals surface area contributed by atoms with Crippen molar-refractivity contribution < 1.29 is 19.4 Å². The second-order valence-electron chi connectivity index (χ2n) is 5.81. The molecule has 1 fully saturated rings. The Labute approximate surface area is 161 Å². The van der Waals surface area contributed by atoms with Gasteiger partial charge < -0.3 is 19.1 Å². The lowest BCUT2D eigenvalue weighted by atomic mass is 10.1. The maximum Gasteiger partial charge on any atom is 0.340 e. The zero-order valence-electron chi connectivity index (χ0n) is 14.2. The van der Waals surface area contributed by atoms with Gasteiger partial charge >= 0.3 is 5.97 Å². The molecule has 0 saturated carbocycles. The topological polar surface area (TPSA) is 63.9 Å². The summed E-state index contributed by atoms with van der Waals surface area (Å²) in [6.07, 6.45) is 0. The van der Waals surface area contributed by atoms with Crippen LogP contribution in [0, 0.1) is 0 Å². The summed E-state index contributed by atoms with van der Waals surface area (Å²) in [5.41, 5.74) is 2.30. The number of carbonyl (C=O) groups excluding carboxylic acids is 1. The van der Waals surface area contributed by atoms with Crippen molar-refractivity contribution in [2.45, 2.75) is 13.5 Å². The second kappa shape index (κ2) is 8.40. The van der Waals surface area contributed by atoms with E-state index in [0.717, 1.165) is 24.3 Å². The van der Waals surface area contributed by atoms with E-state index >= 15 is 0 Å². The van der Waals surface area contributed by atoms with Gasteiger partial charge in [-0.25, -0.2) is 4.79 Å². The molecule has 138 valence electrons. The summed E-state index contributed by atoms with van der Waals surface area (Å²) in [4.78, 5) is 14.8. The first kappa shape index (κ1) is 20.0. The molecular weight excluding hydrogens is 412 g/mol. The third kappa shape index (κ3) is 3.95. The Balaban J connectivity index is 0.00000225. The van der Waals surface area contributed by atoms with E-state index < -0.39 is 0 Å².